The highest BCUT2D eigenvalue weighted by atomic mass is 32.2. The summed E-state index contributed by atoms with van der Waals surface area (Å²) in [6.45, 7) is 2.48. The Morgan fingerprint density at radius 3 is 2.74 bits per heavy atom. The van der Waals surface area contributed by atoms with Gasteiger partial charge in [-0.05, 0) is 36.8 Å². The van der Waals surface area contributed by atoms with E-state index in [9.17, 15) is 13.6 Å². The Labute approximate surface area is 138 Å². The summed E-state index contributed by atoms with van der Waals surface area (Å²) in [5, 5.41) is 2.52. The van der Waals surface area contributed by atoms with E-state index in [0.29, 0.717) is 12.4 Å². The van der Waals surface area contributed by atoms with Gasteiger partial charge in [0.15, 0.2) is 11.6 Å². The van der Waals surface area contributed by atoms with Gasteiger partial charge < -0.3 is 10.1 Å². The molecule has 0 atom stereocenters. The highest BCUT2D eigenvalue weighted by molar-refractivity contribution is 7.99. The van der Waals surface area contributed by atoms with Gasteiger partial charge in [-0.2, -0.15) is 0 Å². The summed E-state index contributed by atoms with van der Waals surface area (Å²) in [6, 6.07) is 11.0. The molecule has 0 unspecified atom stereocenters. The van der Waals surface area contributed by atoms with Crippen LogP contribution in [0.25, 0.3) is 0 Å². The molecule has 0 saturated carbocycles. The summed E-state index contributed by atoms with van der Waals surface area (Å²) >= 11 is 1.41. The maximum absolute atomic E-state index is 13.0. The quantitative estimate of drug-likeness (QED) is 0.776. The van der Waals surface area contributed by atoms with Gasteiger partial charge in [0.1, 0.15) is 5.75 Å². The number of amides is 1. The van der Waals surface area contributed by atoms with Crippen molar-refractivity contribution in [2.45, 2.75) is 6.92 Å². The molecular formula is C17H17F2NO2S. The molecule has 1 N–H and O–H groups in total. The molecule has 0 aliphatic rings. The topological polar surface area (TPSA) is 38.3 Å². The van der Waals surface area contributed by atoms with Crippen LogP contribution in [0.15, 0.2) is 42.5 Å². The average molecular weight is 337 g/mol. The molecule has 0 spiro atoms. The van der Waals surface area contributed by atoms with Crippen LogP contribution in [0.1, 0.15) is 5.56 Å². The van der Waals surface area contributed by atoms with Gasteiger partial charge in [-0.25, -0.2) is 8.78 Å². The third-order valence-electron chi connectivity index (χ3n) is 2.92. The average Bonchev–Trinajstić information content (AvgIpc) is 2.51. The smallest absolute Gasteiger partial charge is 0.234 e. The van der Waals surface area contributed by atoms with E-state index < -0.39 is 11.6 Å². The van der Waals surface area contributed by atoms with E-state index in [1.165, 1.54) is 17.8 Å². The summed E-state index contributed by atoms with van der Waals surface area (Å²) in [5.41, 5.74) is 1.37. The molecule has 0 fully saturated rings. The number of aryl methyl sites for hydroxylation is 1. The molecular weight excluding hydrogens is 320 g/mol. The second-order valence-electron chi connectivity index (χ2n) is 4.89. The molecule has 23 heavy (non-hydrogen) atoms. The molecule has 3 nitrogen and oxygen atoms in total. The fourth-order valence-electron chi connectivity index (χ4n) is 1.86. The fraction of sp³-hybridized carbons (Fsp3) is 0.235. The molecule has 0 aliphatic heterocycles. The van der Waals surface area contributed by atoms with Gasteiger partial charge in [0.25, 0.3) is 0 Å². The van der Waals surface area contributed by atoms with Crippen molar-refractivity contribution in [2.24, 2.45) is 0 Å². The van der Waals surface area contributed by atoms with Crippen LogP contribution in [0.4, 0.5) is 14.5 Å². The van der Waals surface area contributed by atoms with Gasteiger partial charge in [-0.3, -0.25) is 4.79 Å². The molecule has 6 heteroatoms. The van der Waals surface area contributed by atoms with Gasteiger partial charge in [-0.1, -0.05) is 12.1 Å². The number of carbonyl (C=O) groups is 1. The van der Waals surface area contributed by atoms with Crippen LogP contribution in [-0.4, -0.2) is 24.0 Å². The zero-order valence-electron chi connectivity index (χ0n) is 12.6. The van der Waals surface area contributed by atoms with Crippen molar-refractivity contribution in [3.63, 3.8) is 0 Å². The molecule has 0 bridgehead atoms. The first-order valence-corrected chi connectivity index (χ1v) is 8.22. The van der Waals surface area contributed by atoms with Gasteiger partial charge in [0, 0.05) is 17.5 Å². The Balaban J connectivity index is 1.65. The number of carbonyl (C=O) groups excluding carboxylic acids is 1. The van der Waals surface area contributed by atoms with Crippen LogP contribution < -0.4 is 10.1 Å². The number of benzene rings is 2. The number of rotatable bonds is 7. The summed E-state index contributed by atoms with van der Waals surface area (Å²) in [6.07, 6.45) is 0. The minimum atomic E-state index is -0.984. The van der Waals surface area contributed by atoms with E-state index in [2.05, 4.69) is 5.32 Å². The molecule has 122 valence electrons. The second-order valence-corrected chi connectivity index (χ2v) is 6.00. The minimum absolute atomic E-state index is 0.218. The van der Waals surface area contributed by atoms with Crippen LogP contribution in [0.5, 0.6) is 5.75 Å². The standard InChI is InChI=1S/C17H17F2NO2S/c1-12-3-2-4-14(9-12)22-7-8-23-11-17(21)20-13-5-6-15(18)16(19)10-13/h2-6,9-10H,7-8,11H2,1H3,(H,20,21). The summed E-state index contributed by atoms with van der Waals surface area (Å²) < 4.78 is 31.4. The lowest BCUT2D eigenvalue weighted by molar-refractivity contribution is -0.113. The van der Waals surface area contributed by atoms with Crippen LogP contribution in [0.3, 0.4) is 0 Å². The van der Waals surface area contributed by atoms with Gasteiger partial charge in [0.2, 0.25) is 5.91 Å². The first-order chi connectivity index (χ1) is 11.0. The molecule has 2 rings (SSSR count). The first-order valence-electron chi connectivity index (χ1n) is 7.07. The van der Waals surface area contributed by atoms with Crippen LogP contribution in [0, 0.1) is 18.6 Å². The third-order valence-corrected chi connectivity index (χ3v) is 3.84. The maximum atomic E-state index is 13.0. The Bertz CT molecular complexity index is 679. The van der Waals surface area contributed by atoms with Gasteiger partial charge in [0.05, 0.1) is 12.4 Å². The normalized spacial score (nSPS) is 10.4. The van der Waals surface area contributed by atoms with Crippen LogP contribution in [0.2, 0.25) is 0 Å². The largest absolute Gasteiger partial charge is 0.493 e. The number of thioether (sulfide) groups is 1. The SMILES string of the molecule is Cc1cccc(OCCSCC(=O)Nc2ccc(F)c(F)c2)c1. The number of nitrogens with one attached hydrogen (secondary N) is 1. The number of hydrogen-bond donors (Lipinski definition) is 1. The lowest BCUT2D eigenvalue weighted by Crippen LogP contribution is -2.15. The van der Waals surface area contributed by atoms with Gasteiger partial charge in [-0.15, -0.1) is 11.8 Å². The Morgan fingerprint density at radius 1 is 1.17 bits per heavy atom. The molecule has 0 saturated heterocycles. The van der Waals surface area contributed by atoms with E-state index in [4.69, 9.17) is 4.74 Å². The minimum Gasteiger partial charge on any atom is -0.493 e. The van der Waals surface area contributed by atoms with Crippen molar-refractivity contribution in [2.75, 3.05) is 23.4 Å². The molecule has 2 aromatic rings. The second kappa shape index (κ2) is 8.53. The predicted molar refractivity (Wildman–Crippen MR) is 89.0 cm³/mol. The number of ether oxygens (including phenoxy) is 1. The summed E-state index contributed by atoms with van der Waals surface area (Å²) in [5.74, 6) is -0.518. The van der Waals surface area contributed by atoms with Crippen molar-refractivity contribution in [1.29, 1.82) is 0 Å². The van der Waals surface area contributed by atoms with E-state index >= 15 is 0 Å². The maximum Gasteiger partial charge on any atom is 0.234 e. The lowest BCUT2D eigenvalue weighted by Gasteiger charge is -2.07. The molecule has 2 aromatic carbocycles. The molecule has 0 aromatic heterocycles. The highest BCUT2D eigenvalue weighted by Gasteiger charge is 2.06. The number of hydrogen-bond acceptors (Lipinski definition) is 3. The van der Waals surface area contributed by atoms with Gasteiger partial charge >= 0.3 is 0 Å². The summed E-state index contributed by atoms with van der Waals surface area (Å²) in [4.78, 5) is 11.7. The van der Waals surface area contributed by atoms with E-state index in [0.717, 1.165) is 23.4 Å². The molecule has 0 aliphatic carbocycles. The van der Waals surface area contributed by atoms with Crippen molar-refractivity contribution in [3.8, 4) is 5.75 Å². The van der Waals surface area contributed by atoms with E-state index in [1.807, 2.05) is 31.2 Å². The van der Waals surface area contributed by atoms with Crippen molar-refractivity contribution in [1.82, 2.24) is 0 Å². The molecule has 0 heterocycles. The number of halogens is 2. The zero-order chi connectivity index (χ0) is 16.7. The first kappa shape index (κ1) is 17.3. The molecule has 0 radical (unpaired) electrons. The Kier molecular flexibility index (Phi) is 6.40. The highest BCUT2D eigenvalue weighted by Crippen LogP contribution is 2.15. The van der Waals surface area contributed by atoms with Crippen molar-refractivity contribution < 1.29 is 18.3 Å². The van der Waals surface area contributed by atoms with Crippen molar-refractivity contribution in [3.05, 3.63) is 59.7 Å². The lowest BCUT2D eigenvalue weighted by atomic mass is 10.2. The fourth-order valence-corrected chi connectivity index (χ4v) is 2.46. The third kappa shape index (κ3) is 5.90. The van der Waals surface area contributed by atoms with Crippen LogP contribution >= 0.6 is 11.8 Å². The Hall–Kier alpha value is -2.08. The van der Waals surface area contributed by atoms with E-state index in [1.54, 1.807) is 0 Å². The zero-order valence-corrected chi connectivity index (χ0v) is 13.5. The monoisotopic (exact) mass is 337 g/mol. The van der Waals surface area contributed by atoms with Crippen LogP contribution in [-0.2, 0) is 4.79 Å². The predicted octanol–water partition coefficient (Wildman–Crippen LogP) is 4.02. The van der Waals surface area contributed by atoms with Crippen molar-refractivity contribution >= 4 is 23.4 Å². The molecule has 1 amide bonds. The number of anilines is 1. The van der Waals surface area contributed by atoms with E-state index in [-0.39, 0.29) is 17.3 Å². The summed E-state index contributed by atoms with van der Waals surface area (Å²) in [7, 11) is 0. The Morgan fingerprint density at radius 2 is 2.00 bits per heavy atom.